The fourth-order valence-electron chi connectivity index (χ4n) is 5.90. The molecule has 7 atom stereocenters. The predicted octanol–water partition coefficient (Wildman–Crippen LogP) is 2.68. The molecule has 3 aliphatic heterocycles. The van der Waals surface area contributed by atoms with E-state index in [0.717, 1.165) is 0 Å². The van der Waals surface area contributed by atoms with Crippen molar-refractivity contribution < 1.29 is 29.0 Å². The number of alkyl halides is 1. The lowest BCUT2D eigenvalue weighted by Gasteiger charge is -2.44. The van der Waals surface area contributed by atoms with E-state index in [-0.39, 0.29) is 35.8 Å². The number of carbonyl (C=O) groups excluding carboxylic acids is 3. The lowest BCUT2D eigenvalue weighted by molar-refractivity contribution is -0.158. The van der Waals surface area contributed by atoms with Crippen LogP contribution >= 0.6 is 15.9 Å². The predicted molar refractivity (Wildman–Crippen MR) is 136 cm³/mol. The molecule has 0 aromatic heterocycles. The molecule has 1 spiro atoms. The van der Waals surface area contributed by atoms with Crippen molar-refractivity contribution >= 4 is 33.7 Å². The molecule has 0 radical (unpaired) electrons. The molecule has 1 N–H and O–H groups in total. The largest absolute Gasteiger partial charge is 0.465 e. The van der Waals surface area contributed by atoms with E-state index in [1.807, 2.05) is 34.6 Å². The minimum absolute atomic E-state index is 0.119. The summed E-state index contributed by atoms with van der Waals surface area (Å²) < 4.78 is 12.0. The van der Waals surface area contributed by atoms with Crippen molar-refractivity contribution in [2.45, 2.75) is 81.6 Å². The molecule has 0 aromatic rings. The third-order valence-electron chi connectivity index (χ3n) is 7.50. The van der Waals surface area contributed by atoms with Gasteiger partial charge in [-0.25, -0.2) is 0 Å². The van der Waals surface area contributed by atoms with Gasteiger partial charge in [0.15, 0.2) is 0 Å². The van der Waals surface area contributed by atoms with Crippen LogP contribution in [0.25, 0.3) is 0 Å². The Kier molecular flexibility index (Phi) is 8.24. The highest BCUT2D eigenvalue weighted by atomic mass is 79.9. The van der Waals surface area contributed by atoms with Crippen molar-refractivity contribution in [2.75, 3.05) is 19.8 Å². The van der Waals surface area contributed by atoms with E-state index in [4.69, 9.17) is 9.47 Å². The number of hydrogen-bond donors (Lipinski definition) is 1. The van der Waals surface area contributed by atoms with Crippen molar-refractivity contribution in [1.29, 1.82) is 0 Å². The second-order valence-corrected chi connectivity index (χ2v) is 12.2. The van der Waals surface area contributed by atoms with Crippen LogP contribution in [0.3, 0.4) is 0 Å². The molecule has 2 bridgehead atoms. The van der Waals surface area contributed by atoms with Crippen LogP contribution in [0.15, 0.2) is 25.3 Å². The SMILES string of the molecule is C=CCCOC(=O)[C@H]1[C@H]2C(=O)N([C@@H](CO)C(C)C)C(C(=O)N(CC=C)C(C)(C)C)C23CC(Br)[C@@H]1O3. The summed E-state index contributed by atoms with van der Waals surface area (Å²) in [6.45, 7) is 17.2. The Morgan fingerprint density at radius 1 is 1.34 bits per heavy atom. The Morgan fingerprint density at radius 2 is 2.00 bits per heavy atom. The number of halogens is 1. The number of rotatable bonds is 10. The van der Waals surface area contributed by atoms with Crippen molar-refractivity contribution in [1.82, 2.24) is 9.80 Å². The van der Waals surface area contributed by atoms with Gasteiger partial charge >= 0.3 is 5.97 Å². The molecule has 3 heterocycles. The first-order chi connectivity index (χ1) is 16.4. The smallest absolute Gasteiger partial charge is 0.312 e. The molecule has 2 amide bonds. The van der Waals surface area contributed by atoms with Crippen molar-refractivity contribution in [3.05, 3.63) is 25.3 Å². The van der Waals surface area contributed by atoms with Crippen molar-refractivity contribution in [2.24, 2.45) is 17.8 Å². The highest BCUT2D eigenvalue weighted by Gasteiger charge is 2.77. The fourth-order valence-corrected chi connectivity index (χ4v) is 6.85. The van der Waals surface area contributed by atoms with Gasteiger partial charge in [-0.05, 0) is 39.5 Å². The summed E-state index contributed by atoms with van der Waals surface area (Å²) in [5.74, 6) is -2.92. The third-order valence-corrected chi connectivity index (χ3v) is 8.35. The Bertz CT molecular complexity index is 870. The van der Waals surface area contributed by atoms with Gasteiger partial charge in [0.25, 0.3) is 0 Å². The summed E-state index contributed by atoms with van der Waals surface area (Å²) in [7, 11) is 0. The van der Waals surface area contributed by atoms with Crippen LogP contribution in [0.5, 0.6) is 0 Å². The molecular formula is C26H39BrN2O6. The topological polar surface area (TPSA) is 96.4 Å². The average Bonchev–Trinajstić information content (AvgIpc) is 3.35. The monoisotopic (exact) mass is 554 g/mol. The quantitative estimate of drug-likeness (QED) is 0.193. The van der Waals surface area contributed by atoms with Gasteiger partial charge in [-0.1, -0.05) is 41.9 Å². The maximum Gasteiger partial charge on any atom is 0.312 e. The van der Waals surface area contributed by atoms with Gasteiger partial charge in [-0.3, -0.25) is 14.4 Å². The first-order valence-electron chi connectivity index (χ1n) is 12.3. The van der Waals surface area contributed by atoms with Crippen LogP contribution < -0.4 is 0 Å². The lowest BCUT2D eigenvalue weighted by Crippen LogP contribution is -2.62. The minimum Gasteiger partial charge on any atom is -0.465 e. The number of ether oxygens (including phenoxy) is 2. The van der Waals surface area contributed by atoms with Crippen LogP contribution in [0, 0.1) is 17.8 Å². The molecule has 0 aliphatic carbocycles. The van der Waals surface area contributed by atoms with Crippen LogP contribution in [-0.4, -0.2) is 86.6 Å². The Balaban J connectivity index is 2.13. The number of likely N-dealkylation sites (tertiary alicyclic amines) is 1. The number of aliphatic hydroxyl groups is 1. The number of hydrogen-bond acceptors (Lipinski definition) is 6. The van der Waals surface area contributed by atoms with Crippen molar-refractivity contribution in [3.63, 3.8) is 0 Å². The molecule has 196 valence electrons. The van der Waals surface area contributed by atoms with E-state index in [0.29, 0.717) is 19.4 Å². The normalized spacial score (nSPS) is 32.5. The van der Waals surface area contributed by atoms with E-state index < -0.39 is 47.1 Å². The Morgan fingerprint density at radius 3 is 2.51 bits per heavy atom. The molecule has 3 fully saturated rings. The molecule has 3 rings (SSSR count). The van der Waals surface area contributed by atoms with Gasteiger partial charge < -0.3 is 24.4 Å². The zero-order chi connectivity index (χ0) is 26.3. The standard InChI is InChI=1S/C26H39BrN2O6/c1-8-10-12-34-24(33)18-19-22(31)29(17(14-30)15(3)4)21(26(19)13-16(27)20(18)35-26)23(32)28(11-9-2)25(5,6)7/h8-9,15-21,30H,1-2,10-14H2,3-7H3/t16?,17-,18-,19-,20-,21?,26?/m0/s1. The highest BCUT2D eigenvalue weighted by molar-refractivity contribution is 9.09. The zero-order valence-corrected chi connectivity index (χ0v) is 23.0. The zero-order valence-electron chi connectivity index (χ0n) is 21.4. The van der Waals surface area contributed by atoms with E-state index in [1.165, 1.54) is 4.90 Å². The van der Waals surface area contributed by atoms with Gasteiger partial charge in [0.1, 0.15) is 11.6 Å². The van der Waals surface area contributed by atoms with E-state index in [9.17, 15) is 19.5 Å². The Hall–Kier alpha value is -1.71. The van der Waals surface area contributed by atoms with E-state index in [1.54, 1.807) is 17.1 Å². The fraction of sp³-hybridized carbons (Fsp3) is 0.731. The lowest BCUT2D eigenvalue weighted by atomic mass is 9.70. The van der Waals surface area contributed by atoms with Crippen LogP contribution in [0.2, 0.25) is 0 Å². The number of fused-ring (bicyclic) bond motifs is 1. The third kappa shape index (κ3) is 4.60. The van der Waals surface area contributed by atoms with Gasteiger partial charge in [-0.2, -0.15) is 0 Å². The van der Waals surface area contributed by atoms with Gasteiger partial charge in [0.2, 0.25) is 11.8 Å². The number of nitrogens with zero attached hydrogens (tertiary/aromatic N) is 2. The highest BCUT2D eigenvalue weighted by Crippen LogP contribution is 2.61. The molecule has 9 heteroatoms. The molecular weight excluding hydrogens is 516 g/mol. The number of carbonyl (C=O) groups is 3. The molecule has 3 saturated heterocycles. The maximum absolute atomic E-state index is 14.3. The minimum atomic E-state index is -1.19. The summed E-state index contributed by atoms with van der Waals surface area (Å²) >= 11 is 3.65. The summed E-state index contributed by atoms with van der Waals surface area (Å²) in [4.78, 5) is 44.5. The molecule has 8 nitrogen and oxygen atoms in total. The van der Waals surface area contributed by atoms with E-state index >= 15 is 0 Å². The molecule has 35 heavy (non-hydrogen) atoms. The van der Waals surface area contributed by atoms with Gasteiger partial charge in [0, 0.05) is 16.9 Å². The summed E-state index contributed by atoms with van der Waals surface area (Å²) in [5, 5.41) is 10.3. The Labute approximate surface area is 216 Å². The number of amides is 2. The van der Waals surface area contributed by atoms with Gasteiger partial charge in [-0.15, -0.1) is 13.2 Å². The molecule has 0 saturated carbocycles. The first-order valence-corrected chi connectivity index (χ1v) is 13.2. The molecule has 3 unspecified atom stereocenters. The van der Waals surface area contributed by atoms with Crippen LogP contribution in [0.4, 0.5) is 0 Å². The van der Waals surface area contributed by atoms with Crippen LogP contribution in [0.1, 0.15) is 47.5 Å². The average molecular weight is 556 g/mol. The first kappa shape index (κ1) is 27.9. The summed E-state index contributed by atoms with van der Waals surface area (Å²) in [5.41, 5.74) is -1.74. The second-order valence-electron chi connectivity index (χ2n) is 11.1. The summed E-state index contributed by atoms with van der Waals surface area (Å²) in [6, 6.07) is -1.58. The van der Waals surface area contributed by atoms with Crippen molar-refractivity contribution in [3.8, 4) is 0 Å². The summed E-state index contributed by atoms with van der Waals surface area (Å²) in [6.07, 6.45) is 3.64. The molecule has 3 aliphatic rings. The van der Waals surface area contributed by atoms with Gasteiger partial charge in [0.05, 0.1) is 37.2 Å². The van der Waals surface area contributed by atoms with E-state index in [2.05, 4.69) is 29.1 Å². The second kappa shape index (κ2) is 10.3. The maximum atomic E-state index is 14.3. The number of aliphatic hydroxyl groups excluding tert-OH is 1. The van der Waals surface area contributed by atoms with Crippen LogP contribution in [-0.2, 0) is 23.9 Å². The molecule has 0 aromatic carbocycles. The number of esters is 1.